The fourth-order valence-electron chi connectivity index (χ4n) is 2.14. The Bertz CT molecular complexity index is 904. The average Bonchev–Trinajstić information content (AvgIpc) is 3.02. The molecule has 0 saturated heterocycles. The van der Waals surface area contributed by atoms with Crippen LogP contribution in [0.5, 0.6) is 5.75 Å². The van der Waals surface area contributed by atoms with Gasteiger partial charge in [-0.2, -0.15) is 0 Å². The molecule has 0 saturated carbocycles. The molecule has 3 aromatic rings. The molecule has 7 nitrogen and oxygen atoms in total. The summed E-state index contributed by atoms with van der Waals surface area (Å²) in [4.78, 5) is 24.0. The summed E-state index contributed by atoms with van der Waals surface area (Å²) in [6.07, 6.45) is 0. The van der Waals surface area contributed by atoms with Crippen molar-refractivity contribution in [2.24, 2.45) is 0 Å². The van der Waals surface area contributed by atoms with E-state index >= 15 is 0 Å². The Kier molecular flexibility index (Phi) is 5.20. The summed E-state index contributed by atoms with van der Waals surface area (Å²) in [5.41, 5.74) is 0.876. The number of hydrogen-bond donors (Lipinski definition) is 2. The van der Waals surface area contributed by atoms with Crippen LogP contribution in [-0.4, -0.2) is 24.0 Å². The van der Waals surface area contributed by atoms with Gasteiger partial charge in [0, 0.05) is 17.8 Å². The zero-order valence-electron chi connectivity index (χ0n) is 13.4. The van der Waals surface area contributed by atoms with Crippen LogP contribution in [0.1, 0.15) is 0 Å². The normalized spacial score (nSPS) is 10.4. The molecule has 0 aliphatic carbocycles. The Morgan fingerprint density at radius 1 is 1.20 bits per heavy atom. The topological polar surface area (TPSA) is 88.2 Å². The number of carbonyl (C=O) groups excluding carboxylic acids is 1. The minimum Gasteiger partial charge on any atom is -0.497 e. The lowest BCUT2D eigenvalue weighted by Gasteiger charge is -2.05. The number of anilines is 1. The van der Waals surface area contributed by atoms with E-state index in [1.807, 2.05) is 30.3 Å². The highest BCUT2D eigenvalue weighted by molar-refractivity contribution is 7.99. The fourth-order valence-corrected chi connectivity index (χ4v) is 2.91. The summed E-state index contributed by atoms with van der Waals surface area (Å²) < 4.78 is 11.4. The van der Waals surface area contributed by atoms with Crippen molar-refractivity contribution in [3.05, 3.63) is 65.0 Å². The number of nitrogens with zero attached hydrogens (tertiary/aromatic N) is 1. The first-order chi connectivity index (χ1) is 12.2. The number of thioether (sulfide) groups is 1. The van der Waals surface area contributed by atoms with Gasteiger partial charge in [0.05, 0.1) is 12.9 Å². The van der Waals surface area contributed by atoms with Gasteiger partial charge in [0.1, 0.15) is 5.75 Å². The predicted octanol–water partition coefficient (Wildman–Crippen LogP) is 1.98. The Hall–Kier alpha value is -3.00. The van der Waals surface area contributed by atoms with Crippen molar-refractivity contribution in [2.75, 3.05) is 18.2 Å². The molecule has 0 radical (unpaired) electrons. The summed E-state index contributed by atoms with van der Waals surface area (Å²) in [5.74, 6) is 0.554. The van der Waals surface area contributed by atoms with E-state index in [9.17, 15) is 9.59 Å². The number of amides is 1. The number of benzene rings is 2. The minimum atomic E-state index is -0.522. The molecule has 0 fully saturated rings. The van der Waals surface area contributed by atoms with E-state index in [0.29, 0.717) is 16.5 Å². The SMILES string of the molecule is COc1ccc(NC(=O)CSc2c(=O)o[nH][n+]2-c2ccccc2)cc1. The Labute approximate surface area is 147 Å². The van der Waals surface area contributed by atoms with Gasteiger partial charge in [-0.25, -0.2) is 4.79 Å². The van der Waals surface area contributed by atoms with Crippen LogP contribution in [0, 0.1) is 0 Å². The molecule has 1 heterocycles. The molecule has 1 amide bonds. The van der Waals surface area contributed by atoms with Crippen molar-refractivity contribution in [1.82, 2.24) is 5.27 Å². The third-order valence-electron chi connectivity index (χ3n) is 3.34. The van der Waals surface area contributed by atoms with Crippen molar-refractivity contribution in [1.29, 1.82) is 0 Å². The summed E-state index contributed by atoms with van der Waals surface area (Å²) in [7, 11) is 1.58. The number of para-hydroxylation sites is 1. The van der Waals surface area contributed by atoms with E-state index < -0.39 is 5.63 Å². The molecule has 3 rings (SSSR count). The van der Waals surface area contributed by atoms with Crippen LogP contribution in [0.15, 0.2) is 68.9 Å². The molecule has 1 aromatic heterocycles. The quantitative estimate of drug-likeness (QED) is 0.520. The number of rotatable bonds is 6. The number of carbonyl (C=O) groups is 1. The highest BCUT2D eigenvalue weighted by atomic mass is 32.2. The second kappa shape index (κ2) is 7.71. The maximum atomic E-state index is 12.1. The molecule has 0 bridgehead atoms. The van der Waals surface area contributed by atoms with Crippen LogP contribution in [0.25, 0.3) is 5.69 Å². The van der Waals surface area contributed by atoms with Gasteiger partial charge < -0.3 is 10.1 Å². The van der Waals surface area contributed by atoms with Crippen LogP contribution >= 0.6 is 11.8 Å². The van der Waals surface area contributed by atoms with E-state index in [1.165, 1.54) is 4.68 Å². The lowest BCUT2D eigenvalue weighted by atomic mass is 10.3. The molecule has 8 heteroatoms. The third kappa shape index (κ3) is 4.10. The lowest BCUT2D eigenvalue weighted by molar-refractivity contribution is -0.704. The molecular formula is C17H16N3O4S+. The highest BCUT2D eigenvalue weighted by Gasteiger charge is 2.24. The number of H-pyrrole nitrogens is 1. The molecule has 0 aliphatic heterocycles. The summed E-state index contributed by atoms with van der Waals surface area (Å²) in [6, 6.07) is 16.2. The maximum Gasteiger partial charge on any atom is 0.442 e. The molecule has 0 atom stereocenters. The Balaban J connectivity index is 1.66. The standard InChI is InChI=1S/C17H15N3O4S/c1-23-14-9-7-12(8-10-14)18-15(21)11-25-16-17(22)24-19-20(16)13-5-3-2-4-6-13/h2-10H,11H2,1H3,(H-,18,19,21,22)/p+1. The monoisotopic (exact) mass is 358 g/mol. The predicted molar refractivity (Wildman–Crippen MR) is 93.2 cm³/mol. The van der Waals surface area contributed by atoms with Crippen molar-refractivity contribution < 1.29 is 18.7 Å². The first-order valence-corrected chi connectivity index (χ1v) is 8.41. The van der Waals surface area contributed by atoms with Gasteiger partial charge in [-0.3, -0.25) is 9.32 Å². The number of ether oxygens (including phenoxy) is 1. The number of hydrogen-bond acceptors (Lipinski definition) is 5. The number of aromatic amines is 1. The second-order valence-corrected chi connectivity index (χ2v) is 5.99. The summed E-state index contributed by atoms with van der Waals surface area (Å²) >= 11 is 1.10. The van der Waals surface area contributed by atoms with Crippen molar-refractivity contribution in [2.45, 2.75) is 5.03 Å². The molecule has 2 aromatic carbocycles. The van der Waals surface area contributed by atoms with Gasteiger partial charge in [0.25, 0.3) is 0 Å². The lowest BCUT2D eigenvalue weighted by Crippen LogP contribution is -2.36. The molecule has 128 valence electrons. The van der Waals surface area contributed by atoms with Crippen LogP contribution in [-0.2, 0) is 4.79 Å². The van der Waals surface area contributed by atoms with E-state index in [4.69, 9.17) is 9.26 Å². The maximum absolute atomic E-state index is 12.1. The summed E-state index contributed by atoms with van der Waals surface area (Å²) in [5, 5.41) is 5.61. The smallest absolute Gasteiger partial charge is 0.442 e. The Morgan fingerprint density at radius 3 is 2.60 bits per heavy atom. The zero-order chi connectivity index (χ0) is 17.6. The van der Waals surface area contributed by atoms with E-state index in [1.54, 1.807) is 31.4 Å². The number of methoxy groups -OCH3 is 1. The van der Waals surface area contributed by atoms with E-state index in [2.05, 4.69) is 10.6 Å². The van der Waals surface area contributed by atoms with Crippen LogP contribution < -0.4 is 20.4 Å². The van der Waals surface area contributed by atoms with Gasteiger partial charge >= 0.3 is 10.7 Å². The van der Waals surface area contributed by atoms with E-state index in [-0.39, 0.29) is 11.7 Å². The second-order valence-electron chi connectivity index (χ2n) is 5.02. The molecule has 2 N–H and O–H groups in total. The average molecular weight is 358 g/mol. The van der Waals surface area contributed by atoms with Crippen LogP contribution in [0.2, 0.25) is 0 Å². The third-order valence-corrected chi connectivity index (χ3v) is 4.36. The number of nitrogens with one attached hydrogen (secondary N) is 2. The minimum absolute atomic E-state index is 0.0709. The first-order valence-electron chi connectivity index (χ1n) is 7.43. The van der Waals surface area contributed by atoms with Crippen LogP contribution in [0.4, 0.5) is 5.69 Å². The molecule has 25 heavy (non-hydrogen) atoms. The number of aromatic nitrogens is 2. The summed E-state index contributed by atoms with van der Waals surface area (Å²) in [6.45, 7) is 0. The van der Waals surface area contributed by atoms with Gasteiger partial charge in [-0.05, 0) is 46.0 Å². The largest absolute Gasteiger partial charge is 0.497 e. The van der Waals surface area contributed by atoms with Crippen molar-refractivity contribution in [3.8, 4) is 11.4 Å². The molecule has 0 spiro atoms. The van der Waals surface area contributed by atoms with Gasteiger partial charge in [0.15, 0.2) is 0 Å². The van der Waals surface area contributed by atoms with Gasteiger partial charge in [-0.15, -0.1) is 0 Å². The first kappa shape index (κ1) is 16.8. The Morgan fingerprint density at radius 2 is 1.92 bits per heavy atom. The molecular weight excluding hydrogens is 342 g/mol. The highest BCUT2D eigenvalue weighted by Crippen LogP contribution is 2.16. The van der Waals surface area contributed by atoms with Gasteiger partial charge in [0.2, 0.25) is 11.6 Å². The van der Waals surface area contributed by atoms with Gasteiger partial charge in [-0.1, -0.05) is 18.2 Å². The molecule has 0 unspecified atom stereocenters. The van der Waals surface area contributed by atoms with E-state index in [0.717, 1.165) is 17.4 Å². The zero-order valence-corrected chi connectivity index (χ0v) is 14.2. The van der Waals surface area contributed by atoms with Crippen molar-refractivity contribution >= 4 is 23.4 Å². The van der Waals surface area contributed by atoms with Crippen molar-refractivity contribution in [3.63, 3.8) is 0 Å². The van der Waals surface area contributed by atoms with Crippen LogP contribution in [0.3, 0.4) is 0 Å². The fraction of sp³-hybridized carbons (Fsp3) is 0.118. The molecule has 0 aliphatic rings.